The summed E-state index contributed by atoms with van der Waals surface area (Å²) < 4.78 is 0. The smallest absolute Gasteiger partial charge is 0.109 e. The highest BCUT2D eigenvalue weighted by Gasteiger charge is 2.25. The molecule has 0 saturated carbocycles. The zero-order valence-corrected chi connectivity index (χ0v) is 7.86. The number of nitrogens with one attached hydrogen (secondary N) is 1. The molecule has 1 heterocycles. The standard InChI is InChI=1S/C9H13ClN2/c1-5-2-3-6-7(8(5)11)4-12-9(6)10/h4-5,8,12H,2-3,11H2,1H3. The Morgan fingerprint density at radius 1 is 1.67 bits per heavy atom. The lowest BCUT2D eigenvalue weighted by Gasteiger charge is -2.25. The van der Waals surface area contributed by atoms with Crippen molar-refractivity contribution in [2.75, 3.05) is 0 Å². The maximum absolute atomic E-state index is 6.02. The first kappa shape index (κ1) is 8.14. The maximum atomic E-state index is 6.02. The number of fused-ring (bicyclic) bond motifs is 1. The van der Waals surface area contributed by atoms with Crippen LogP contribution in [0, 0.1) is 5.92 Å². The molecule has 0 bridgehead atoms. The topological polar surface area (TPSA) is 41.8 Å². The minimum atomic E-state index is 0.164. The number of aromatic nitrogens is 1. The molecule has 3 heteroatoms. The Balaban J connectivity index is 2.43. The molecule has 0 saturated heterocycles. The third-order valence-electron chi connectivity index (χ3n) is 2.79. The molecule has 2 nitrogen and oxygen atoms in total. The van der Waals surface area contributed by atoms with Gasteiger partial charge in [-0.05, 0) is 29.9 Å². The number of H-pyrrole nitrogens is 1. The van der Waals surface area contributed by atoms with Crippen molar-refractivity contribution in [3.05, 3.63) is 22.5 Å². The van der Waals surface area contributed by atoms with Crippen LogP contribution in [0.25, 0.3) is 0 Å². The van der Waals surface area contributed by atoms with Crippen LogP contribution in [0.4, 0.5) is 0 Å². The second-order valence-electron chi connectivity index (χ2n) is 3.58. The van der Waals surface area contributed by atoms with E-state index in [1.807, 2.05) is 6.20 Å². The van der Waals surface area contributed by atoms with Crippen LogP contribution in [0.1, 0.15) is 30.5 Å². The Morgan fingerprint density at radius 3 is 3.17 bits per heavy atom. The highest BCUT2D eigenvalue weighted by Crippen LogP contribution is 2.35. The predicted molar refractivity (Wildman–Crippen MR) is 50.2 cm³/mol. The fourth-order valence-corrected chi connectivity index (χ4v) is 2.11. The first-order valence-electron chi connectivity index (χ1n) is 4.31. The SMILES string of the molecule is CC1CCc2c(c[nH]c2Cl)C1N. The summed E-state index contributed by atoms with van der Waals surface area (Å²) in [6.07, 6.45) is 4.15. The van der Waals surface area contributed by atoms with Gasteiger partial charge in [0.15, 0.2) is 0 Å². The largest absolute Gasteiger partial charge is 0.352 e. The van der Waals surface area contributed by atoms with E-state index in [0.29, 0.717) is 5.92 Å². The third kappa shape index (κ3) is 1.06. The van der Waals surface area contributed by atoms with Crippen LogP contribution in [0.15, 0.2) is 6.20 Å². The summed E-state index contributed by atoms with van der Waals surface area (Å²) in [6, 6.07) is 0.164. The molecular formula is C9H13ClN2. The molecule has 0 aliphatic heterocycles. The number of rotatable bonds is 0. The predicted octanol–water partition coefficient (Wildman–Crippen LogP) is 2.25. The molecule has 12 heavy (non-hydrogen) atoms. The summed E-state index contributed by atoms with van der Waals surface area (Å²) in [5.41, 5.74) is 8.46. The summed E-state index contributed by atoms with van der Waals surface area (Å²) in [5.74, 6) is 0.573. The molecule has 0 spiro atoms. The number of hydrogen-bond donors (Lipinski definition) is 2. The Kier molecular flexibility index (Phi) is 1.89. The monoisotopic (exact) mass is 184 g/mol. The first-order chi connectivity index (χ1) is 5.70. The molecule has 2 atom stereocenters. The summed E-state index contributed by atoms with van der Waals surface area (Å²) in [4.78, 5) is 3.02. The van der Waals surface area contributed by atoms with Gasteiger partial charge in [0.05, 0.1) is 0 Å². The van der Waals surface area contributed by atoms with Crippen molar-refractivity contribution in [2.45, 2.75) is 25.8 Å². The number of halogens is 1. The average molecular weight is 185 g/mol. The van der Waals surface area contributed by atoms with Crippen molar-refractivity contribution < 1.29 is 0 Å². The molecule has 0 radical (unpaired) electrons. The van der Waals surface area contributed by atoms with Crippen molar-refractivity contribution in [1.82, 2.24) is 4.98 Å². The van der Waals surface area contributed by atoms with Crippen molar-refractivity contribution in [3.8, 4) is 0 Å². The van der Waals surface area contributed by atoms with Gasteiger partial charge in [0.25, 0.3) is 0 Å². The van der Waals surface area contributed by atoms with Crippen LogP contribution in [0.5, 0.6) is 0 Å². The molecule has 2 unspecified atom stereocenters. The molecule has 1 aliphatic rings. The van der Waals surface area contributed by atoms with Gasteiger partial charge in [-0.3, -0.25) is 0 Å². The van der Waals surface area contributed by atoms with Crippen LogP contribution in [-0.2, 0) is 6.42 Å². The van der Waals surface area contributed by atoms with Crippen LogP contribution in [0.3, 0.4) is 0 Å². The van der Waals surface area contributed by atoms with Gasteiger partial charge in [-0.25, -0.2) is 0 Å². The normalized spacial score (nSPS) is 28.6. The second-order valence-corrected chi connectivity index (χ2v) is 3.96. The van der Waals surface area contributed by atoms with Crippen molar-refractivity contribution >= 4 is 11.6 Å². The molecule has 1 aliphatic carbocycles. The van der Waals surface area contributed by atoms with E-state index in [-0.39, 0.29) is 6.04 Å². The van der Waals surface area contributed by atoms with Gasteiger partial charge >= 0.3 is 0 Å². The Labute approximate surface area is 77.1 Å². The minimum Gasteiger partial charge on any atom is -0.352 e. The lowest BCUT2D eigenvalue weighted by atomic mass is 9.84. The molecule has 66 valence electrons. The van der Waals surface area contributed by atoms with Crippen LogP contribution < -0.4 is 5.73 Å². The summed E-state index contributed by atoms with van der Waals surface area (Å²) in [6.45, 7) is 2.19. The van der Waals surface area contributed by atoms with E-state index < -0.39 is 0 Å². The van der Waals surface area contributed by atoms with Crippen molar-refractivity contribution in [2.24, 2.45) is 11.7 Å². The Morgan fingerprint density at radius 2 is 2.42 bits per heavy atom. The van der Waals surface area contributed by atoms with Gasteiger partial charge in [-0.15, -0.1) is 0 Å². The van der Waals surface area contributed by atoms with Gasteiger partial charge in [-0.1, -0.05) is 18.5 Å². The molecule has 0 fully saturated rings. The Bertz CT molecular complexity index is 293. The third-order valence-corrected chi connectivity index (χ3v) is 3.13. The quantitative estimate of drug-likeness (QED) is 0.638. The summed E-state index contributed by atoms with van der Waals surface area (Å²) >= 11 is 5.96. The zero-order valence-electron chi connectivity index (χ0n) is 7.10. The van der Waals surface area contributed by atoms with Gasteiger partial charge < -0.3 is 10.7 Å². The second kappa shape index (κ2) is 2.79. The van der Waals surface area contributed by atoms with Gasteiger partial charge in [0.1, 0.15) is 5.15 Å². The highest BCUT2D eigenvalue weighted by atomic mass is 35.5. The van der Waals surface area contributed by atoms with E-state index in [9.17, 15) is 0 Å². The zero-order chi connectivity index (χ0) is 8.72. The first-order valence-corrected chi connectivity index (χ1v) is 4.69. The van der Waals surface area contributed by atoms with E-state index in [1.54, 1.807) is 0 Å². The highest BCUT2D eigenvalue weighted by molar-refractivity contribution is 6.30. The lowest BCUT2D eigenvalue weighted by Crippen LogP contribution is -2.24. The van der Waals surface area contributed by atoms with Crippen LogP contribution >= 0.6 is 11.6 Å². The minimum absolute atomic E-state index is 0.164. The molecule has 1 aromatic rings. The average Bonchev–Trinajstić information content (AvgIpc) is 2.41. The van der Waals surface area contributed by atoms with Crippen LogP contribution in [0.2, 0.25) is 5.15 Å². The molecule has 3 N–H and O–H groups in total. The van der Waals surface area contributed by atoms with Gasteiger partial charge in [0, 0.05) is 12.2 Å². The number of aromatic amines is 1. The van der Waals surface area contributed by atoms with Gasteiger partial charge in [-0.2, -0.15) is 0 Å². The molecular weight excluding hydrogens is 172 g/mol. The summed E-state index contributed by atoms with van der Waals surface area (Å²) in [7, 11) is 0. The number of nitrogens with two attached hydrogens (primary N) is 1. The summed E-state index contributed by atoms with van der Waals surface area (Å²) in [5, 5.41) is 0.771. The lowest BCUT2D eigenvalue weighted by molar-refractivity contribution is 0.413. The van der Waals surface area contributed by atoms with E-state index in [1.165, 1.54) is 11.1 Å². The van der Waals surface area contributed by atoms with Crippen LogP contribution in [-0.4, -0.2) is 4.98 Å². The van der Waals surface area contributed by atoms with E-state index in [2.05, 4.69) is 11.9 Å². The van der Waals surface area contributed by atoms with E-state index in [4.69, 9.17) is 17.3 Å². The van der Waals surface area contributed by atoms with E-state index in [0.717, 1.165) is 18.0 Å². The number of hydrogen-bond acceptors (Lipinski definition) is 1. The molecule has 0 aromatic carbocycles. The Hall–Kier alpha value is -0.470. The fourth-order valence-electron chi connectivity index (χ4n) is 1.85. The maximum Gasteiger partial charge on any atom is 0.109 e. The molecule has 2 rings (SSSR count). The van der Waals surface area contributed by atoms with Crippen molar-refractivity contribution in [1.29, 1.82) is 0 Å². The molecule has 0 amide bonds. The van der Waals surface area contributed by atoms with Crippen molar-refractivity contribution in [3.63, 3.8) is 0 Å². The fraction of sp³-hybridized carbons (Fsp3) is 0.556. The van der Waals surface area contributed by atoms with E-state index >= 15 is 0 Å². The van der Waals surface area contributed by atoms with Gasteiger partial charge in [0.2, 0.25) is 0 Å². The molecule has 1 aromatic heterocycles.